The Hall–Kier alpha value is -2.79. The Morgan fingerprint density at radius 2 is 1.69 bits per heavy atom. The second-order valence-corrected chi connectivity index (χ2v) is 10.8. The van der Waals surface area contributed by atoms with E-state index in [9.17, 15) is 32.8 Å². The van der Waals surface area contributed by atoms with Crippen molar-refractivity contribution in [2.75, 3.05) is 20.7 Å². The summed E-state index contributed by atoms with van der Waals surface area (Å²) < 4.78 is 31.7. The Labute approximate surface area is 210 Å². The number of hydrogen-bond acceptors (Lipinski definition) is 6. The molecule has 0 aromatic rings. The lowest BCUT2D eigenvalue weighted by Crippen LogP contribution is -2.60. The standard InChI is InChI=1S/C24H38F2N4O6/c1-23(2,3)18(29-22(35)36-6)21(34)30-12-13-8-7-9-14(13)16(30)19(32)28-15(10-11-24(4,25)26)17(31)20(33)27-5/h13-16,18H,7-12H2,1-6H3,(H,27,33)(H,28,32)(H,29,35)/t13-,14-,15-,16-,18+/m0/s1. The number of nitrogens with zero attached hydrogens (tertiary/aromatic N) is 1. The number of halogens is 2. The third kappa shape index (κ3) is 7.13. The average molecular weight is 517 g/mol. The highest BCUT2D eigenvalue weighted by molar-refractivity contribution is 6.38. The Morgan fingerprint density at radius 1 is 1.06 bits per heavy atom. The zero-order chi connectivity index (χ0) is 27.4. The summed E-state index contributed by atoms with van der Waals surface area (Å²) in [5, 5.41) is 7.20. The summed E-state index contributed by atoms with van der Waals surface area (Å²) in [4.78, 5) is 65.1. The molecule has 0 aromatic carbocycles. The zero-order valence-electron chi connectivity index (χ0n) is 21.8. The molecule has 0 spiro atoms. The Kier molecular flexibility index (Phi) is 9.41. The molecule has 2 aliphatic rings. The number of fused-ring (bicyclic) bond motifs is 1. The summed E-state index contributed by atoms with van der Waals surface area (Å²) in [6.07, 6.45) is 0.414. The topological polar surface area (TPSA) is 134 Å². The van der Waals surface area contributed by atoms with Crippen LogP contribution in [0.2, 0.25) is 0 Å². The van der Waals surface area contributed by atoms with Crippen molar-refractivity contribution in [2.24, 2.45) is 17.3 Å². The molecule has 0 bridgehead atoms. The minimum absolute atomic E-state index is 0.0523. The third-order valence-electron chi connectivity index (χ3n) is 6.96. The quantitative estimate of drug-likeness (QED) is 0.399. The molecule has 204 valence electrons. The summed E-state index contributed by atoms with van der Waals surface area (Å²) in [7, 11) is 2.41. The van der Waals surface area contributed by atoms with Crippen LogP contribution in [0.4, 0.5) is 13.6 Å². The highest BCUT2D eigenvalue weighted by Gasteiger charge is 2.52. The lowest BCUT2D eigenvalue weighted by atomic mass is 9.85. The normalized spacial score (nSPS) is 23.3. The fraction of sp³-hybridized carbons (Fsp3) is 0.792. The van der Waals surface area contributed by atoms with E-state index in [0.29, 0.717) is 13.3 Å². The number of likely N-dealkylation sites (N-methyl/N-ethyl adjacent to an activating group) is 1. The molecule has 12 heteroatoms. The van der Waals surface area contributed by atoms with Crippen molar-refractivity contribution < 1.29 is 37.5 Å². The van der Waals surface area contributed by atoms with E-state index < -0.39 is 71.9 Å². The van der Waals surface area contributed by atoms with E-state index in [1.165, 1.54) is 19.1 Å². The number of ketones is 1. The molecular weight excluding hydrogens is 478 g/mol. The lowest BCUT2D eigenvalue weighted by Gasteiger charge is -2.36. The Morgan fingerprint density at radius 3 is 2.22 bits per heavy atom. The summed E-state index contributed by atoms with van der Waals surface area (Å²) in [5.41, 5.74) is -0.714. The second-order valence-electron chi connectivity index (χ2n) is 10.8. The molecule has 1 aliphatic heterocycles. The third-order valence-corrected chi connectivity index (χ3v) is 6.96. The van der Waals surface area contributed by atoms with Gasteiger partial charge in [0.1, 0.15) is 12.1 Å². The van der Waals surface area contributed by atoms with Gasteiger partial charge >= 0.3 is 6.09 Å². The molecule has 10 nitrogen and oxygen atoms in total. The molecular formula is C24H38F2N4O6. The van der Waals surface area contributed by atoms with Gasteiger partial charge in [0, 0.05) is 20.0 Å². The fourth-order valence-electron chi connectivity index (χ4n) is 5.06. The maximum Gasteiger partial charge on any atom is 0.407 e. The van der Waals surface area contributed by atoms with E-state index in [1.54, 1.807) is 20.8 Å². The zero-order valence-corrected chi connectivity index (χ0v) is 21.8. The largest absolute Gasteiger partial charge is 0.453 e. The highest BCUT2D eigenvalue weighted by atomic mass is 19.3. The summed E-state index contributed by atoms with van der Waals surface area (Å²) in [6.45, 7) is 6.28. The summed E-state index contributed by atoms with van der Waals surface area (Å²) in [5.74, 6) is -6.42. The molecule has 0 aromatic heterocycles. The van der Waals surface area contributed by atoms with Gasteiger partial charge in [0.2, 0.25) is 23.5 Å². The molecule has 5 atom stereocenters. The molecule has 0 unspecified atom stereocenters. The number of Topliss-reactive ketones (excluding diaryl/α,β-unsaturated/α-hetero) is 1. The number of ether oxygens (including phenoxy) is 1. The number of alkyl halides is 2. The maximum absolute atomic E-state index is 13.7. The predicted octanol–water partition coefficient (Wildman–Crippen LogP) is 1.62. The van der Waals surface area contributed by atoms with Gasteiger partial charge in [-0.3, -0.25) is 19.2 Å². The minimum atomic E-state index is -3.10. The number of likely N-dealkylation sites (tertiary alicyclic amines) is 1. The first-order valence-electron chi connectivity index (χ1n) is 12.2. The van der Waals surface area contributed by atoms with Crippen LogP contribution in [0.15, 0.2) is 0 Å². The van der Waals surface area contributed by atoms with Gasteiger partial charge in [0.05, 0.1) is 13.2 Å². The van der Waals surface area contributed by atoms with E-state index in [-0.39, 0.29) is 18.4 Å². The lowest BCUT2D eigenvalue weighted by molar-refractivity contribution is -0.144. The number of hydrogen-bond donors (Lipinski definition) is 3. The molecule has 3 N–H and O–H groups in total. The molecule has 2 fully saturated rings. The van der Waals surface area contributed by atoms with Crippen LogP contribution < -0.4 is 16.0 Å². The van der Waals surface area contributed by atoms with Crippen LogP contribution in [-0.2, 0) is 23.9 Å². The second kappa shape index (κ2) is 11.5. The van der Waals surface area contributed by atoms with E-state index in [4.69, 9.17) is 0 Å². The van der Waals surface area contributed by atoms with Crippen molar-refractivity contribution in [2.45, 2.75) is 83.8 Å². The predicted molar refractivity (Wildman–Crippen MR) is 126 cm³/mol. The van der Waals surface area contributed by atoms with Gasteiger partial charge in [-0.1, -0.05) is 27.2 Å². The van der Waals surface area contributed by atoms with Crippen molar-refractivity contribution in [3.63, 3.8) is 0 Å². The number of methoxy groups -OCH3 is 1. The number of amides is 4. The van der Waals surface area contributed by atoms with Crippen molar-refractivity contribution in [1.82, 2.24) is 20.9 Å². The van der Waals surface area contributed by atoms with Crippen LogP contribution in [0.1, 0.15) is 59.8 Å². The summed E-state index contributed by atoms with van der Waals surface area (Å²) >= 11 is 0. The van der Waals surface area contributed by atoms with Crippen LogP contribution in [0.25, 0.3) is 0 Å². The number of nitrogens with one attached hydrogen (secondary N) is 3. The smallest absolute Gasteiger partial charge is 0.407 e. The molecule has 1 saturated heterocycles. The van der Waals surface area contributed by atoms with E-state index in [0.717, 1.165) is 12.8 Å². The van der Waals surface area contributed by atoms with Crippen molar-refractivity contribution in [1.29, 1.82) is 0 Å². The van der Waals surface area contributed by atoms with Gasteiger partial charge in [0.25, 0.3) is 5.91 Å². The molecule has 2 rings (SSSR count). The Balaban J connectivity index is 2.34. The molecule has 0 radical (unpaired) electrons. The van der Waals surface area contributed by atoms with Crippen molar-refractivity contribution in [3.05, 3.63) is 0 Å². The van der Waals surface area contributed by atoms with Gasteiger partial charge in [-0.05, 0) is 43.4 Å². The van der Waals surface area contributed by atoms with E-state index >= 15 is 0 Å². The average Bonchev–Trinajstić information content (AvgIpc) is 3.38. The van der Waals surface area contributed by atoms with Crippen LogP contribution in [0.3, 0.4) is 0 Å². The van der Waals surface area contributed by atoms with Gasteiger partial charge in [-0.25, -0.2) is 13.6 Å². The molecule has 4 amide bonds. The highest BCUT2D eigenvalue weighted by Crippen LogP contribution is 2.43. The molecule has 36 heavy (non-hydrogen) atoms. The van der Waals surface area contributed by atoms with Crippen LogP contribution >= 0.6 is 0 Å². The summed E-state index contributed by atoms with van der Waals surface area (Å²) in [6, 6.07) is -3.43. The van der Waals surface area contributed by atoms with Crippen LogP contribution in [0.5, 0.6) is 0 Å². The molecule has 1 aliphatic carbocycles. The van der Waals surface area contributed by atoms with Gasteiger partial charge in [-0.2, -0.15) is 0 Å². The number of carbonyl (C=O) groups excluding carboxylic acids is 5. The SMILES string of the molecule is CNC(=O)C(=O)[C@H](CCC(C)(F)F)NC(=O)[C@@H]1[C@H]2CCC[C@H]2CN1C(=O)[C@@H](NC(=O)OC)C(C)(C)C. The van der Waals surface area contributed by atoms with Gasteiger partial charge in [0.15, 0.2) is 0 Å². The van der Waals surface area contributed by atoms with Gasteiger partial charge in [-0.15, -0.1) is 0 Å². The molecule has 1 heterocycles. The first-order valence-corrected chi connectivity index (χ1v) is 12.2. The van der Waals surface area contributed by atoms with Crippen molar-refractivity contribution >= 4 is 29.6 Å². The first-order chi connectivity index (χ1) is 16.6. The van der Waals surface area contributed by atoms with Crippen molar-refractivity contribution in [3.8, 4) is 0 Å². The van der Waals surface area contributed by atoms with Crippen LogP contribution in [-0.4, -0.2) is 79.2 Å². The van der Waals surface area contributed by atoms with Crippen LogP contribution in [0, 0.1) is 17.3 Å². The fourth-order valence-corrected chi connectivity index (χ4v) is 5.06. The molecule has 1 saturated carbocycles. The minimum Gasteiger partial charge on any atom is -0.453 e. The monoisotopic (exact) mass is 516 g/mol. The number of carbonyl (C=O) groups is 5. The van der Waals surface area contributed by atoms with Gasteiger partial charge < -0.3 is 25.6 Å². The van der Waals surface area contributed by atoms with E-state index in [2.05, 4.69) is 20.7 Å². The maximum atomic E-state index is 13.7. The number of alkyl carbamates (subject to hydrolysis) is 1. The number of rotatable bonds is 9. The Bertz CT molecular complexity index is 870. The first kappa shape index (κ1) is 29.4. The van der Waals surface area contributed by atoms with E-state index in [1.807, 2.05) is 0 Å².